The first-order chi connectivity index (χ1) is 12.8. The van der Waals surface area contributed by atoms with Gasteiger partial charge in [0.15, 0.2) is 6.29 Å². The second-order valence-electron chi connectivity index (χ2n) is 8.09. The molecule has 2 atom stereocenters. The van der Waals surface area contributed by atoms with Crippen LogP contribution in [0.5, 0.6) is 0 Å². The molecule has 1 N–H and O–H groups in total. The van der Waals surface area contributed by atoms with Gasteiger partial charge in [0.25, 0.3) is 0 Å². The maximum absolute atomic E-state index is 12.8. The van der Waals surface area contributed by atoms with E-state index in [9.17, 15) is 4.21 Å². The van der Waals surface area contributed by atoms with Gasteiger partial charge in [-0.25, -0.2) is 8.93 Å². The predicted octanol–water partition coefficient (Wildman–Crippen LogP) is 4.16. The summed E-state index contributed by atoms with van der Waals surface area (Å²) in [4.78, 5) is 0. The molecule has 2 aliphatic heterocycles. The molecule has 27 heavy (non-hydrogen) atoms. The highest BCUT2D eigenvalue weighted by atomic mass is 79.9. The van der Waals surface area contributed by atoms with Crippen LogP contribution < -0.4 is 4.72 Å². The first-order valence-corrected chi connectivity index (χ1v) is 11.6. The SMILES string of the molecule is CC(C)(C)S(=O)NC(CCC1OCCCO1)c1cc(Br)cc2c1COCC2. The third-order valence-corrected chi connectivity index (χ3v) is 6.94. The van der Waals surface area contributed by atoms with Crippen molar-refractivity contribution in [3.8, 4) is 0 Å². The minimum Gasteiger partial charge on any atom is -0.376 e. The van der Waals surface area contributed by atoms with Crippen LogP contribution >= 0.6 is 15.9 Å². The highest BCUT2D eigenvalue weighted by Gasteiger charge is 2.28. The van der Waals surface area contributed by atoms with Crippen LogP contribution in [0.1, 0.15) is 62.8 Å². The average molecular weight is 460 g/mol. The van der Waals surface area contributed by atoms with Crippen LogP contribution in [0.15, 0.2) is 16.6 Å². The van der Waals surface area contributed by atoms with Gasteiger partial charge in [-0.1, -0.05) is 15.9 Å². The number of hydrogen-bond acceptors (Lipinski definition) is 4. The van der Waals surface area contributed by atoms with Crippen LogP contribution in [0.2, 0.25) is 0 Å². The summed E-state index contributed by atoms with van der Waals surface area (Å²) in [6.07, 6.45) is 3.23. The Hall–Kier alpha value is -0.310. The normalized spacial score (nSPS) is 20.9. The summed E-state index contributed by atoms with van der Waals surface area (Å²) in [6, 6.07) is 4.26. The number of nitrogens with one attached hydrogen (secondary N) is 1. The highest BCUT2D eigenvalue weighted by molar-refractivity contribution is 9.10. The van der Waals surface area contributed by atoms with Crippen LogP contribution in [0, 0.1) is 0 Å². The van der Waals surface area contributed by atoms with Crippen molar-refractivity contribution in [1.82, 2.24) is 4.72 Å². The van der Waals surface area contributed by atoms with Crippen molar-refractivity contribution >= 4 is 26.9 Å². The smallest absolute Gasteiger partial charge is 0.157 e. The molecule has 2 unspecified atom stereocenters. The summed E-state index contributed by atoms with van der Waals surface area (Å²) in [7, 11) is -1.17. The number of fused-ring (bicyclic) bond motifs is 1. The minimum absolute atomic E-state index is 0.0489. The van der Waals surface area contributed by atoms with Gasteiger partial charge >= 0.3 is 0 Å². The van der Waals surface area contributed by atoms with Crippen LogP contribution in [0.3, 0.4) is 0 Å². The first-order valence-electron chi connectivity index (χ1n) is 9.65. The molecule has 0 aliphatic carbocycles. The van der Waals surface area contributed by atoms with Crippen LogP contribution in [0.4, 0.5) is 0 Å². The van der Waals surface area contributed by atoms with Crippen LogP contribution in [-0.2, 0) is 38.2 Å². The van der Waals surface area contributed by atoms with E-state index in [2.05, 4.69) is 32.8 Å². The van der Waals surface area contributed by atoms with Gasteiger partial charge in [0.2, 0.25) is 0 Å². The molecule has 3 rings (SSSR count). The van der Waals surface area contributed by atoms with E-state index in [-0.39, 0.29) is 17.1 Å². The number of rotatable bonds is 6. The molecule has 0 saturated carbocycles. The summed E-state index contributed by atoms with van der Waals surface area (Å²) in [6.45, 7) is 8.81. The second-order valence-corrected chi connectivity index (χ2v) is 11.0. The Morgan fingerprint density at radius 2 is 2.00 bits per heavy atom. The van der Waals surface area contributed by atoms with Crippen molar-refractivity contribution in [2.45, 2.75) is 70.1 Å². The molecular weight excluding hydrogens is 430 g/mol. The number of ether oxygens (including phenoxy) is 3. The Balaban J connectivity index is 1.84. The molecule has 0 radical (unpaired) electrons. The van der Waals surface area contributed by atoms with Crippen LogP contribution in [0.25, 0.3) is 0 Å². The lowest BCUT2D eigenvalue weighted by Gasteiger charge is -2.30. The molecule has 7 heteroatoms. The fourth-order valence-corrected chi connectivity index (χ4v) is 4.75. The largest absolute Gasteiger partial charge is 0.376 e. The van der Waals surface area contributed by atoms with E-state index in [1.54, 1.807) is 0 Å². The summed E-state index contributed by atoms with van der Waals surface area (Å²) in [5.74, 6) is 0. The molecular formula is C20H30BrNO4S. The molecule has 1 aromatic rings. The maximum atomic E-state index is 12.8. The minimum atomic E-state index is -1.17. The number of halogens is 1. The third kappa shape index (κ3) is 5.84. The summed E-state index contributed by atoms with van der Waals surface area (Å²) >= 11 is 3.65. The quantitative estimate of drug-likeness (QED) is 0.693. The van der Waals surface area contributed by atoms with Crippen molar-refractivity contribution in [2.24, 2.45) is 0 Å². The highest BCUT2D eigenvalue weighted by Crippen LogP contribution is 2.33. The van der Waals surface area contributed by atoms with Crippen LogP contribution in [-0.4, -0.2) is 35.1 Å². The number of benzene rings is 1. The van der Waals surface area contributed by atoms with Crippen molar-refractivity contribution in [3.63, 3.8) is 0 Å². The standard InChI is InChI=1S/C20H30BrNO4S/c1-20(2,3)27(23)22-18(5-6-19-25-8-4-9-26-19)16-12-15(21)11-14-7-10-24-13-17(14)16/h11-12,18-19,22H,4-10,13H2,1-3H3. The van der Waals surface area contributed by atoms with E-state index >= 15 is 0 Å². The zero-order chi connectivity index (χ0) is 19.4. The van der Waals surface area contributed by atoms with Crippen molar-refractivity contribution in [2.75, 3.05) is 19.8 Å². The van der Waals surface area contributed by atoms with E-state index in [1.807, 2.05) is 20.8 Å². The van der Waals surface area contributed by atoms with Gasteiger partial charge < -0.3 is 14.2 Å². The topological polar surface area (TPSA) is 56.8 Å². The van der Waals surface area contributed by atoms with E-state index in [4.69, 9.17) is 14.2 Å². The van der Waals surface area contributed by atoms with Gasteiger partial charge in [0, 0.05) is 16.9 Å². The lowest BCUT2D eigenvalue weighted by atomic mass is 9.92. The van der Waals surface area contributed by atoms with E-state index in [1.165, 1.54) is 11.1 Å². The molecule has 152 valence electrons. The van der Waals surface area contributed by atoms with E-state index in [0.29, 0.717) is 6.61 Å². The molecule has 1 aromatic carbocycles. The molecule has 0 amide bonds. The van der Waals surface area contributed by atoms with Gasteiger partial charge in [0.1, 0.15) is 0 Å². The summed E-state index contributed by atoms with van der Waals surface area (Å²) in [5.41, 5.74) is 3.69. The first kappa shape index (κ1) is 21.4. The Morgan fingerprint density at radius 1 is 1.26 bits per heavy atom. The Kier molecular flexibility index (Phi) is 7.50. The monoisotopic (exact) mass is 459 g/mol. The van der Waals surface area contributed by atoms with Gasteiger partial charge in [-0.2, -0.15) is 0 Å². The fraction of sp³-hybridized carbons (Fsp3) is 0.700. The third-order valence-electron chi connectivity index (χ3n) is 4.87. The lowest BCUT2D eigenvalue weighted by Crippen LogP contribution is -2.37. The summed E-state index contributed by atoms with van der Waals surface area (Å²) in [5, 5.41) is 0. The molecule has 2 aliphatic rings. The molecule has 2 heterocycles. The predicted molar refractivity (Wildman–Crippen MR) is 111 cm³/mol. The van der Waals surface area contributed by atoms with Gasteiger partial charge in [0.05, 0.1) is 42.2 Å². The van der Waals surface area contributed by atoms with Gasteiger partial charge in [-0.05, 0) is 68.9 Å². The maximum Gasteiger partial charge on any atom is 0.157 e. The molecule has 1 fully saturated rings. The van der Waals surface area contributed by atoms with E-state index in [0.717, 1.165) is 55.5 Å². The van der Waals surface area contributed by atoms with Gasteiger partial charge in [-0.15, -0.1) is 0 Å². The Labute approximate surface area is 173 Å². The zero-order valence-electron chi connectivity index (χ0n) is 16.4. The molecule has 5 nitrogen and oxygen atoms in total. The van der Waals surface area contributed by atoms with E-state index < -0.39 is 11.0 Å². The zero-order valence-corrected chi connectivity index (χ0v) is 18.8. The number of hydrogen-bond donors (Lipinski definition) is 1. The molecule has 0 aromatic heterocycles. The van der Waals surface area contributed by atoms with Crippen molar-refractivity contribution in [3.05, 3.63) is 33.3 Å². The van der Waals surface area contributed by atoms with Gasteiger partial charge in [-0.3, -0.25) is 0 Å². The molecule has 0 spiro atoms. The lowest BCUT2D eigenvalue weighted by molar-refractivity contribution is -0.182. The second kappa shape index (κ2) is 9.46. The van der Waals surface area contributed by atoms with Crippen molar-refractivity contribution < 1.29 is 18.4 Å². The Bertz CT molecular complexity index is 671. The fourth-order valence-electron chi connectivity index (χ4n) is 3.37. The summed E-state index contributed by atoms with van der Waals surface area (Å²) < 4.78 is 34.1. The van der Waals surface area contributed by atoms with Crippen molar-refractivity contribution in [1.29, 1.82) is 0 Å². The molecule has 0 bridgehead atoms. The Morgan fingerprint density at radius 3 is 2.70 bits per heavy atom. The molecule has 1 saturated heterocycles. The average Bonchev–Trinajstić information content (AvgIpc) is 2.64.